The molecule has 2 N–H and O–H groups in total. The van der Waals surface area contributed by atoms with Crippen LogP contribution in [0.2, 0.25) is 0 Å². The predicted molar refractivity (Wildman–Crippen MR) is 65.5 cm³/mol. The van der Waals surface area contributed by atoms with Gasteiger partial charge in [0.15, 0.2) is 0 Å². The van der Waals surface area contributed by atoms with Gasteiger partial charge in [-0.05, 0) is 24.0 Å². The van der Waals surface area contributed by atoms with Gasteiger partial charge in [-0.2, -0.15) is 0 Å². The Morgan fingerprint density at radius 3 is 2.21 bits per heavy atom. The summed E-state index contributed by atoms with van der Waals surface area (Å²) in [5.74, 6) is 0.289. The third kappa shape index (κ3) is 3.11. The maximum Gasteiger partial charge on any atom is 0.0759 e. The zero-order valence-corrected chi connectivity index (χ0v) is 9.60. The van der Waals surface area contributed by atoms with E-state index in [1.165, 1.54) is 11.1 Å². The summed E-state index contributed by atoms with van der Waals surface area (Å²) in [4.78, 5) is 0.601. The molecule has 1 atom stereocenters. The van der Waals surface area contributed by atoms with Crippen LogP contribution in [0.25, 0.3) is 0 Å². The smallest absolute Gasteiger partial charge is 0.0759 e. The SMILES string of the molecule is CCc1ccc(CC(C)C(N)=S)cc1. The molecule has 1 aromatic rings. The van der Waals surface area contributed by atoms with Crippen molar-refractivity contribution >= 4 is 17.2 Å². The van der Waals surface area contributed by atoms with Gasteiger partial charge in [-0.1, -0.05) is 50.3 Å². The molecule has 0 aliphatic rings. The summed E-state index contributed by atoms with van der Waals surface area (Å²) in [6.07, 6.45) is 2.03. The number of thiocarbonyl (C=S) groups is 1. The van der Waals surface area contributed by atoms with Gasteiger partial charge in [0.2, 0.25) is 0 Å². The summed E-state index contributed by atoms with van der Waals surface area (Å²) in [5, 5.41) is 0. The molecule has 0 amide bonds. The molecule has 0 heterocycles. The number of benzene rings is 1. The number of hydrogen-bond acceptors (Lipinski definition) is 1. The highest BCUT2D eigenvalue weighted by Gasteiger charge is 2.05. The summed E-state index contributed by atoms with van der Waals surface area (Å²) in [6.45, 7) is 4.22. The van der Waals surface area contributed by atoms with E-state index in [-0.39, 0.29) is 5.92 Å². The van der Waals surface area contributed by atoms with E-state index in [1.54, 1.807) is 0 Å². The predicted octanol–water partition coefficient (Wildman–Crippen LogP) is 2.71. The van der Waals surface area contributed by atoms with Gasteiger partial charge in [0.05, 0.1) is 4.99 Å². The van der Waals surface area contributed by atoms with Crippen LogP contribution in [0.15, 0.2) is 24.3 Å². The van der Waals surface area contributed by atoms with Gasteiger partial charge >= 0.3 is 0 Å². The minimum atomic E-state index is 0.289. The van der Waals surface area contributed by atoms with Gasteiger partial charge in [-0.15, -0.1) is 0 Å². The number of aryl methyl sites for hydroxylation is 1. The van der Waals surface area contributed by atoms with Gasteiger partial charge in [-0.25, -0.2) is 0 Å². The van der Waals surface area contributed by atoms with Crippen molar-refractivity contribution in [2.24, 2.45) is 11.7 Å². The highest BCUT2D eigenvalue weighted by atomic mass is 32.1. The van der Waals surface area contributed by atoms with Crippen LogP contribution in [0, 0.1) is 5.92 Å². The van der Waals surface area contributed by atoms with Crippen LogP contribution < -0.4 is 5.73 Å². The molecule has 2 heteroatoms. The lowest BCUT2D eigenvalue weighted by atomic mass is 10.00. The summed E-state index contributed by atoms with van der Waals surface area (Å²) in [7, 11) is 0. The van der Waals surface area contributed by atoms with E-state index in [1.807, 2.05) is 0 Å². The first-order valence-corrected chi connectivity index (χ1v) is 5.41. The quantitative estimate of drug-likeness (QED) is 0.768. The zero-order chi connectivity index (χ0) is 10.6. The fourth-order valence-corrected chi connectivity index (χ4v) is 1.45. The molecule has 0 aliphatic carbocycles. The summed E-state index contributed by atoms with van der Waals surface area (Å²) < 4.78 is 0. The van der Waals surface area contributed by atoms with Crippen molar-refractivity contribution < 1.29 is 0 Å². The molecule has 0 saturated carbocycles. The zero-order valence-electron chi connectivity index (χ0n) is 8.79. The van der Waals surface area contributed by atoms with Crippen LogP contribution >= 0.6 is 12.2 Å². The average Bonchev–Trinajstić information content (AvgIpc) is 2.19. The minimum absolute atomic E-state index is 0.289. The van der Waals surface area contributed by atoms with E-state index in [0.29, 0.717) is 4.99 Å². The maximum atomic E-state index is 5.57. The molecule has 1 nitrogen and oxygen atoms in total. The van der Waals surface area contributed by atoms with E-state index in [4.69, 9.17) is 18.0 Å². The van der Waals surface area contributed by atoms with Gasteiger partial charge < -0.3 is 5.73 Å². The lowest BCUT2D eigenvalue weighted by molar-refractivity contribution is 0.771. The second kappa shape index (κ2) is 5.11. The third-order valence-corrected chi connectivity index (χ3v) is 2.86. The van der Waals surface area contributed by atoms with Gasteiger partial charge in [0.1, 0.15) is 0 Å². The molecular formula is C12H17NS. The standard InChI is InChI=1S/C12H17NS/c1-3-10-4-6-11(7-5-10)8-9(2)12(13)14/h4-7,9H,3,8H2,1-2H3,(H2,13,14). The van der Waals surface area contributed by atoms with Gasteiger partial charge in [-0.3, -0.25) is 0 Å². The lowest BCUT2D eigenvalue weighted by Gasteiger charge is -2.09. The molecule has 0 fully saturated rings. The minimum Gasteiger partial charge on any atom is -0.393 e. The van der Waals surface area contributed by atoms with Crippen LogP contribution in [0.5, 0.6) is 0 Å². The molecule has 1 aromatic carbocycles. The van der Waals surface area contributed by atoms with Gasteiger partial charge in [0.25, 0.3) is 0 Å². The Labute approximate surface area is 91.3 Å². The number of nitrogens with two attached hydrogens (primary N) is 1. The van der Waals surface area contributed by atoms with Crippen molar-refractivity contribution in [3.8, 4) is 0 Å². The van der Waals surface area contributed by atoms with Crippen molar-refractivity contribution in [1.29, 1.82) is 0 Å². The van der Waals surface area contributed by atoms with Crippen molar-refractivity contribution in [2.75, 3.05) is 0 Å². The van der Waals surface area contributed by atoms with Gasteiger partial charge in [0, 0.05) is 5.92 Å². The molecule has 0 bridgehead atoms. The summed E-state index contributed by atoms with van der Waals surface area (Å²) >= 11 is 4.94. The Hall–Kier alpha value is -0.890. The van der Waals surface area contributed by atoms with E-state index < -0.39 is 0 Å². The number of rotatable bonds is 4. The fraction of sp³-hybridized carbons (Fsp3) is 0.417. The molecular weight excluding hydrogens is 190 g/mol. The van der Waals surface area contributed by atoms with E-state index in [9.17, 15) is 0 Å². The Morgan fingerprint density at radius 2 is 1.79 bits per heavy atom. The van der Waals surface area contributed by atoms with Crippen molar-refractivity contribution in [1.82, 2.24) is 0 Å². The summed E-state index contributed by atoms with van der Waals surface area (Å²) in [6, 6.07) is 8.66. The number of hydrogen-bond donors (Lipinski definition) is 1. The highest BCUT2D eigenvalue weighted by molar-refractivity contribution is 7.80. The molecule has 0 saturated heterocycles. The molecule has 76 valence electrons. The van der Waals surface area contributed by atoms with Crippen molar-refractivity contribution in [2.45, 2.75) is 26.7 Å². The van der Waals surface area contributed by atoms with E-state index >= 15 is 0 Å². The second-order valence-electron chi connectivity index (χ2n) is 3.68. The first kappa shape index (κ1) is 11.2. The molecule has 0 aromatic heterocycles. The molecule has 1 unspecified atom stereocenters. The van der Waals surface area contributed by atoms with Crippen LogP contribution in [-0.4, -0.2) is 4.99 Å². The van der Waals surface area contributed by atoms with E-state index in [0.717, 1.165) is 12.8 Å². The molecule has 14 heavy (non-hydrogen) atoms. The monoisotopic (exact) mass is 207 g/mol. The Balaban J connectivity index is 2.64. The molecule has 0 aliphatic heterocycles. The molecule has 0 spiro atoms. The first-order valence-electron chi connectivity index (χ1n) is 5.00. The fourth-order valence-electron chi connectivity index (χ4n) is 1.37. The maximum absolute atomic E-state index is 5.57. The topological polar surface area (TPSA) is 26.0 Å². The lowest BCUT2D eigenvalue weighted by Crippen LogP contribution is -2.20. The second-order valence-corrected chi connectivity index (χ2v) is 4.15. The van der Waals surface area contributed by atoms with Crippen LogP contribution in [0.1, 0.15) is 25.0 Å². The van der Waals surface area contributed by atoms with Crippen LogP contribution in [0.4, 0.5) is 0 Å². The molecule has 1 rings (SSSR count). The average molecular weight is 207 g/mol. The molecule has 0 radical (unpaired) electrons. The van der Waals surface area contributed by atoms with Crippen LogP contribution in [0.3, 0.4) is 0 Å². The summed E-state index contributed by atoms with van der Waals surface area (Å²) in [5.41, 5.74) is 8.25. The normalized spacial score (nSPS) is 12.4. The van der Waals surface area contributed by atoms with Crippen molar-refractivity contribution in [3.05, 3.63) is 35.4 Å². The van der Waals surface area contributed by atoms with Crippen molar-refractivity contribution in [3.63, 3.8) is 0 Å². The first-order chi connectivity index (χ1) is 6.63. The largest absolute Gasteiger partial charge is 0.393 e. The Morgan fingerprint density at radius 1 is 1.29 bits per heavy atom. The van der Waals surface area contributed by atoms with E-state index in [2.05, 4.69) is 38.1 Å². The Bertz CT molecular complexity index is 303. The third-order valence-electron chi connectivity index (χ3n) is 2.46. The van der Waals surface area contributed by atoms with Crippen LogP contribution in [-0.2, 0) is 12.8 Å². The Kier molecular flexibility index (Phi) is 4.08. The highest BCUT2D eigenvalue weighted by Crippen LogP contribution is 2.10.